The van der Waals surface area contributed by atoms with Crippen LogP contribution in [0.15, 0.2) is 23.6 Å². The monoisotopic (exact) mass is 317 g/mol. The van der Waals surface area contributed by atoms with E-state index in [1.165, 1.54) is 16.9 Å². The van der Waals surface area contributed by atoms with E-state index in [0.717, 1.165) is 23.4 Å². The largest absolute Gasteiger partial charge is 0.508 e. The van der Waals surface area contributed by atoms with E-state index in [1.54, 1.807) is 12.1 Å². The van der Waals surface area contributed by atoms with Gasteiger partial charge in [-0.2, -0.15) is 0 Å². The molecular weight excluding hydrogens is 298 g/mol. The molecule has 1 amide bonds. The highest BCUT2D eigenvalue weighted by Crippen LogP contribution is 2.22. The van der Waals surface area contributed by atoms with Crippen molar-refractivity contribution in [3.05, 3.63) is 45.4 Å². The molecule has 6 heteroatoms. The lowest BCUT2D eigenvalue weighted by atomic mass is 10.0. The second-order valence-corrected chi connectivity index (χ2v) is 6.35. The lowest BCUT2D eigenvalue weighted by Crippen LogP contribution is -2.33. The summed E-state index contributed by atoms with van der Waals surface area (Å²) < 4.78 is 0. The summed E-state index contributed by atoms with van der Waals surface area (Å²) >= 11 is 1.49. The Morgan fingerprint density at radius 1 is 1.32 bits per heavy atom. The van der Waals surface area contributed by atoms with Gasteiger partial charge in [0.2, 0.25) is 0 Å². The first kappa shape index (κ1) is 15.0. The average molecular weight is 317 g/mol. The lowest BCUT2D eigenvalue weighted by molar-refractivity contribution is 0.0758. The van der Waals surface area contributed by atoms with Crippen molar-refractivity contribution in [1.29, 1.82) is 0 Å². The van der Waals surface area contributed by atoms with Gasteiger partial charge in [0.05, 0.1) is 5.01 Å². The molecule has 0 saturated carbocycles. The van der Waals surface area contributed by atoms with Crippen LogP contribution < -0.4 is 5.73 Å². The molecule has 3 N–H and O–H groups in total. The van der Waals surface area contributed by atoms with Gasteiger partial charge in [-0.05, 0) is 42.6 Å². The maximum Gasteiger partial charge on any atom is 0.273 e. The van der Waals surface area contributed by atoms with Crippen molar-refractivity contribution in [2.75, 3.05) is 19.6 Å². The standard InChI is InChI=1S/C16H19N3O2S/c17-6-3-15-18-14(10-22-15)16(21)19-7-4-11-1-2-13(20)9-12(11)5-8-19/h1-2,9-10,20H,3-8,17H2. The maximum atomic E-state index is 12.6. The first-order chi connectivity index (χ1) is 10.7. The summed E-state index contributed by atoms with van der Waals surface area (Å²) in [7, 11) is 0. The molecule has 5 nitrogen and oxygen atoms in total. The third-order valence-electron chi connectivity index (χ3n) is 3.91. The summed E-state index contributed by atoms with van der Waals surface area (Å²) in [6.07, 6.45) is 2.28. The second kappa shape index (κ2) is 6.46. The Kier molecular flexibility index (Phi) is 4.40. The molecule has 1 aliphatic heterocycles. The number of nitrogens with zero attached hydrogens (tertiary/aromatic N) is 2. The fourth-order valence-corrected chi connectivity index (χ4v) is 3.51. The van der Waals surface area contributed by atoms with Crippen molar-refractivity contribution in [3.8, 4) is 5.75 Å². The molecule has 0 spiro atoms. The lowest BCUT2D eigenvalue weighted by Gasteiger charge is -2.18. The number of phenols is 1. The van der Waals surface area contributed by atoms with Gasteiger partial charge in [-0.15, -0.1) is 11.3 Å². The number of thiazole rings is 1. The molecule has 1 aromatic carbocycles. The van der Waals surface area contributed by atoms with Crippen molar-refractivity contribution >= 4 is 17.2 Å². The first-order valence-electron chi connectivity index (χ1n) is 7.42. The molecule has 2 aromatic rings. The van der Waals surface area contributed by atoms with E-state index in [9.17, 15) is 9.90 Å². The van der Waals surface area contributed by atoms with Crippen molar-refractivity contribution in [3.63, 3.8) is 0 Å². The molecule has 3 rings (SSSR count). The predicted molar refractivity (Wildman–Crippen MR) is 86.3 cm³/mol. The summed E-state index contributed by atoms with van der Waals surface area (Å²) in [6, 6.07) is 5.45. The van der Waals surface area contributed by atoms with E-state index in [4.69, 9.17) is 5.73 Å². The number of phenolic OH excluding ortho intramolecular Hbond substituents is 1. The second-order valence-electron chi connectivity index (χ2n) is 5.41. The molecule has 0 aliphatic carbocycles. The van der Waals surface area contributed by atoms with Gasteiger partial charge < -0.3 is 15.7 Å². The van der Waals surface area contributed by atoms with E-state index in [2.05, 4.69) is 4.98 Å². The third-order valence-corrected chi connectivity index (χ3v) is 4.82. The molecule has 0 atom stereocenters. The fourth-order valence-electron chi connectivity index (χ4n) is 2.72. The predicted octanol–water partition coefficient (Wildman–Crippen LogP) is 1.59. The van der Waals surface area contributed by atoms with Gasteiger partial charge in [-0.3, -0.25) is 4.79 Å². The highest BCUT2D eigenvalue weighted by molar-refractivity contribution is 7.09. The number of carbonyl (C=O) groups excluding carboxylic acids is 1. The Labute approximate surface area is 133 Å². The number of nitrogens with two attached hydrogens (primary N) is 1. The number of fused-ring (bicyclic) bond motifs is 1. The molecule has 0 radical (unpaired) electrons. The van der Waals surface area contributed by atoms with E-state index >= 15 is 0 Å². The van der Waals surface area contributed by atoms with Gasteiger partial charge in [0.15, 0.2) is 0 Å². The van der Waals surface area contributed by atoms with Crippen LogP contribution in [-0.4, -0.2) is 40.5 Å². The quantitative estimate of drug-likeness (QED) is 0.901. The molecule has 0 bridgehead atoms. The normalized spacial score (nSPS) is 14.5. The van der Waals surface area contributed by atoms with Crippen LogP contribution in [0, 0.1) is 0 Å². The van der Waals surface area contributed by atoms with Crippen LogP contribution in [0.1, 0.15) is 26.6 Å². The number of benzene rings is 1. The third kappa shape index (κ3) is 3.13. The zero-order valence-electron chi connectivity index (χ0n) is 12.3. The summed E-state index contributed by atoms with van der Waals surface area (Å²) in [5.74, 6) is 0.265. The minimum atomic E-state index is -0.0171. The number of amides is 1. The minimum Gasteiger partial charge on any atom is -0.508 e. The van der Waals surface area contributed by atoms with Gasteiger partial charge in [0.25, 0.3) is 5.91 Å². The summed E-state index contributed by atoms with van der Waals surface area (Å²) in [6.45, 7) is 1.88. The Balaban J connectivity index is 1.72. The first-order valence-corrected chi connectivity index (χ1v) is 8.30. The Morgan fingerprint density at radius 2 is 2.09 bits per heavy atom. The molecule has 0 fully saturated rings. The molecule has 1 aliphatic rings. The average Bonchev–Trinajstić information content (AvgIpc) is 2.87. The smallest absolute Gasteiger partial charge is 0.273 e. The van der Waals surface area contributed by atoms with Crippen LogP contribution in [0.25, 0.3) is 0 Å². The number of hydrogen-bond acceptors (Lipinski definition) is 5. The van der Waals surface area contributed by atoms with Gasteiger partial charge >= 0.3 is 0 Å². The van der Waals surface area contributed by atoms with Gasteiger partial charge in [-0.1, -0.05) is 6.07 Å². The number of carbonyl (C=O) groups is 1. The van der Waals surface area contributed by atoms with Crippen molar-refractivity contribution in [2.24, 2.45) is 5.73 Å². The molecule has 22 heavy (non-hydrogen) atoms. The van der Waals surface area contributed by atoms with Crippen LogP contribution in [0.4, 0.5) is 0 Å². The highest BCUT2D eigenvalue weighted by atomic mass is 32.1. The Bertz CT molecular complexity index is 684. The minimum absolute atomic E-state index is 0.0171. The van der Waals surface area contributed by atoms with Crippen LogP contribution in [0.5, 0.6) is 5.75 Å². The van der Waals surface area contributed by atoms with Crippen LogP contribution in [0.2, 0.25) is 0 Å². The maximum absolute atomic E-state index is 12.6. The van der Waals surface area contributed by atoms with Gasteiger partial charge in [0, 0.05) is 24.9 Å². The van der Waals surface area contributed by atoms with Crippen LogP contribution in [0.3, 0.4) is 0 Å². The van der Waals surface area contributed by atoms with Gasteiger partial charge in [0.1, 0.15) is 11.4 Å². The number of rotatable bonds is 3. The van der Waals surface area contributed by atoms with E-state index in [1.807, 2.05) is 16.3 Å². The van der Waals surface area contributed by atoms with Crippen LogP contribution in [-0.2, 0) is 19.3 Å². The SMILES string of the molecule is NCCc1nc(C(=O)N2CCc3ccc(O)cc3CC2)cs1. The highest BCUT2D eigenvalue weighted by Gasteiger charge is 2.21. The number of aromatic hydroxyl groups is 1. The number of aromatic nitrogens is 1. The van der Waals surface area contributed by atoms with E-state index in [0.29, 0.717) is 31.7 Å². The van der Waals surface area contributed by atoms with Crippen molar-refractivity contribution < 1.29 is 9.90 Å². The Hall–Kier alpha value is -1.92. The fraction of sp³-hybridized carbons (Fsp3) is 0.375. The zero-order valence-corrected chi connectivity index (χ0v) is 13.1. The zero-order chi connectivity index (χ0) is 15.5. The van der Waals surface area contributed by atoms with E-state index < -0.39 is 0 Å². The molecule has 0 saturated heterocycles. The summed E-state index contributed by atoms with van der Waals surface area (Å²) in [5.41, 5.74) is 8.36. The van der Waals surface area contributed by atoms with Crippen molar-refractivity contribution in [2.45, 2.75) is 19.3 Å². The molecule has 116 valence electrons. The summed E-state index contributed by atoms with van der Waals surface area (Å²) in [5, 5.41) is 12.3. The molecule has 1 aromatic heterocycles. The molecule has 2 heterocycles. The van der Waals surface area contributed by atoms with Crippen molar-refractivity contribution in [1.82, 2.24) is 9.88 Å². The molecular formula is C16H19N3O2S. The molecule has 0 unspecified atom stereocenters. The van der Waals surface area contributed by atoms with Crippen LogP contribution >= 0.6 is 11.3 Å². The Morgan fingerprint density at radius 3 is 2.86 bits per heavy atom. The van der Waals surface area contributed by atoms with E-state index in [-0.39, 0.29) is 11.7 Å². The van der Waals surface area contributed by atoms with Gasteiger partial charge in [-0.25, -0.2) is 4.98 Å². The topological polar surface area (TPSA) is 79.5 Å². The number of hydrogen-bond donors (Lipinski definition) is 2. The summed E-state index contributed by atoms with van der Waals surface area (Å²) in [4.78, 5) is 18.8.